The van der Waals surface area contributed by atoms with E-state index in [1.165, 1.54) is 18.7 Å². The molecule has 0 aliphatic carbocycles. The summed E-state index contributed by atoms with van der Waals surface area (Å²) in [6.45, 7) is 3.37. The van der Waals surface area contributed by atoms with Crippen LogP contribution in [-0.2, 0) is 14.4 Å². The van der Waals surface area contributed by atoms with Gasteiger partial charge in [0.05, 0.1) is 0 Å². The van der Waals surface area contributed by atoms with Crippen LogP contribution in [0.3, 0.4) is 0 Å². The van der Waals surface area contributed by atoms with Gasteiger partial charge in [-0.3, -0.25) is 19.2 Å². The van der Waals surface area contributed by atoms with Gasteiger partial charge < -0.3 is 21.3 Å². The zero-order chi connectivity index (χ0) is 33.9. The molecular weight excluding hydrogens is 621 g/mol. The Morgan fingerprint density at radius 2 is 1.17 bits per heavy atom. The molecule has 8 nitrogen and oxygen atoms in total. The lowest BCUT2D eigenvalue weighted by atomic mass is 10.1. The topological polar surface area (TPSA) is 116 Å². The molecule has 4 amide bonds. The standard InChI is InChI=1S/C39H34N4O4S/c1-26-11-9-10-16-30(26)25-35(43-37(45)29-14-7-4-8-15-29)38(46)41-33-21-23-34(24-22-33)48-36(28-12-5-3-6-13-28)39(47)42-32-19-17-31(18-20-32)40-27(2)44/h3-25,36H,1-2H3,(H,40,44)(H,41,46)(H,42,47)(H,43,45)/b35-25-. The summed E-state index contributed by atoms with van der Waals surface area (Å²) in [5, 5.41) is 10.8. The fourth-order valence-corrected chi connectivity index (χ4v) is 5.77. The molecule has 1 unspecified atom stereocenters. The molecule has 1 atom stereocenters. The molecule has 0 saturated carbocycles. The van der Waals surface area contributed by atoms with E-state index in [4.69, 9.17) is 0 Å². The molecule has 5 aromatic rings. The maximum Gasteiger partial charge on any atom is 0.272 e. The number of rotatable bonds is 11. The number of benzene rings is 5. The van der Waals surface area contributed by atoms with Gasteiger partial charge in [0.2, 0.25) is 11.8 Å². The second-order valence-corrected chi connectivity index (χ2v) is 12.0. The summed E-state index contributed by atoms with van der Waals surface area (Å²) in [5.41, 5.74) is 4.87. The van der Waals surface area contributed by atoms with Crippen molar-refractivity contribution in [3.63, 3.8) is 0 Å². The number of thioether (sulfide) groups is 1. The Kier molecular flexibility index (Phi) is 11.2. The maximum atomic E-state index is 13.5. The third-order valence-electron chi connectivity index (χ3n) is 7.20. The number of aryl methyl sites for hydroxylation is 1. The third kappa shape index (κ3) is 9.31. The van der Waals surface area contributed by atoms with E-state index in [-0.39, 0.29) is 17.5 Å². The molecule has 0 radical (unpaired) electrons. The van der Waals surface area contributed by atoms with E-state index in [2.05, 4.69) is 21.3 Å². The van der Waals surface area contributed by atoms with Gasteiger partial charge in [-0.2, -0.15) is 0 Å². The van der Waals surface area contributed by atoms with Gasteiger partial charge in [-0.1, -0.05) is 72.8 Å². The Morgan fingerprint density at radius 1 is 0.625 bits per heavy atom. The molecule has 5 aromatic carbocycles. The lowest BCUT2D eigenvalue weighted by Gasteiger charge is -2.18. The Bertz CT molecular complexity index is 1930. The SMILES string of the molecule is CC(=O)Nc1ccc(NC(=O)C(Sc2ccc(NC(=O)/C(=C/c3ccccc3C)NC(=O)c3ccccc3)cc2)c2ccccc2)cc1. The highest BCUT2D eigenvalue weighted by molar-refractivity contribution is 8.00. The summed E-state index contributed by atoms with van der Waals surface area (Å²) in [5.74, 6) is -1.26. The van der Waals surface area contributed by atoms with Crippen molar-refractivity contribution in [2.75, 3.05) is 16.0 Å². The molecule has 0 aromatic heterocycles. The number of hydrogen-bond acceptors (Lipinski definition) is 5. The molecular formula is C39H34N4O4S. The average molecular weight is 655 g/mol. The normalized spacial score (nSPS) is 11.6. The number of amides is 4. The molecule has 5 rings (SSSR count). The molecule has 0 spiro atoms. The molecule has 0 fully saturated rings. The van der Waals surface area contributed by atoms with Crippen LogP contribution in [0.2, 0.25) is 0 Å². The maximum absolute atomic E-state index is 13.5. The first-order valence-corrected chi connectivity index (χ1v) is 16.1. The van der Waals surface area contributed by atoms with Gasteiger partial charge in [0.25, 0.3) is 11.8 Å². The Balaban J connectivity index is 1.31. The van der Waals surface area contributed by atoms with Gasteiger partial charge in [-0.05, 0) is 90.4 Å². The molecule has 0 saturated heterocycles. The lowest BCUT2D eigenvalue weighted by Crippen LogP contribution is -2.30. The second kappa shape index (κ2) is 16.1. The van der Waals surface area contributed by atoms with Crippen LogP contribution in [0.1, 0.15) is 39.2 Å². The second-order valence-electron chi connectivity index (χ2n) is 10.9. The largest absolute Gasteiger partial charge is 0.326 e. The van der Waals surface area contributed by atoms with Crippen molar-refractivity contribution in [2.45, 2.75) is 24.0 Å². The van der Waals surface area contributed by atoms with Crippen LogP contribution in [0, 0.1) is 6.92 Å². The van der Waals surface area contributed by atoms with Gasteiger partial charge in [-0.15, -0.1) is 11.8 Å². The summed E-state index contributed by atoms with van der Waals surface area (Å²) in [7, 11) is 0. The predicted molar refractivity (Wildman–Crippen MR) is 193 cm³/mol. The van der Waals surface area contributed by atoms with Gasteiger partial charge in [0.1, 0.15) is 10.9 Å². The smallest absolute Gasteiger partial charge is 0.272 e. The van der Waals surface area contributed by atoms with Crippen molar-refractivity contribution < 1.29 is 19.2 Å². The highest BCUT2D eigenvalue weighted by atomic mass is 32.2. The quantitative estimate of drug-likeness (QED) is 0.0856. The summed E-state index contributed by atoms with van der Waals surface area (Å²) in [6.07, 6.45) is 1.66. The number of hydrogen-bond donors (Lipinski definition) is 4. The molecule has 0 bridgehead atoms. The van der Waals surface area contributed by atoms with E-state index >= 15 is 0 Å². The molecule has 9 heteroatoms. The number of anilines is 3. The monoisotopic (exact) mass is 654 g/mol. The molecule has 0 heterocycles. The molecule has 0 aliphatic rings. The van der Waals surface area contributed by atoms with Crippen LogP contribution in [0.4, 0.5) is 17.1 Å². The van der Waals surface area contributed by atoms with E-state index in [0.29, 0.717) is 22.6 Å². The lowest BCUT2D eigenvalue weighted by molar-refractivity contribution is -0.116. The fraction of sp³-hybridized carbons (Fsp3) is 0.0769. The molecule has 48 heavy (non-hydrogen) atoms. The number of carbonyl (C=O) groups is 4. The Hall–Kier alpha value is -5.93. The van der Waals surface area contributed by atoms with Crippen molar-refractivity contribution in [2.24, 2.45) is 0 Å². The average Bonchev–Trinajstić information content (AvgIpc) is 3.09. The zero-order valence-electron chi connectivity index (χ0n) is 26.4. The first kappa shape index (κ1) is 33.4. The molecule has 0 aliphatic heterocycles. The van der Waals surface area contributed by atoms with Crippen LogP contribution in [0.5, 0.6) is 0 Å². The van der Waals surface area contributed by atoms with Crippen molar-refractivity contribution in [3.8, 4) is 0 Å². The van der Waals surface area contributed by atoms with Gasteiger partial charge in [0.15, 0.2) is 0 Å². The van der Waals surface area contributed by atoms with Crippen LogP contribution < -0.4 is 21.3 Å². The van der Waals surface area contributed by atoms with E-state index in [1.807, 2.05) is 79.7 Å². The summed E-state index contributed by atoms with van der Waals surface area (Å²) < 4.78 is 0. The van der Waals surface area contributed by atoms with Crippen LogP contribution in [-0.4, -0.2) is 23.6 Å². The summed E-state index contributed by atoms with van der Waals surface area (Å²) >= 11 is 1.37. The molecule has 240 valence electrons. The minimum atomic E-state index is -0.571. The van der Waals surface area contributed by atoms with Crippen molar-refractivity contribution in [1.29, 1.82) is 0 Å². The minimum absolute atomic E-state index is 0.0996. The molecule has 4 N–H and O–H groups in total. The summed E-state index contributed by atoms with van der Waals surface area (Å²) in [4.78, 5) is 52.2. The van der Waals surface area contributed by atoms with Gasteiger partial charge in [0, 0.05) is 34.4 Å². The van der Waals surface area contributed by atoms with E-state index in [1.54, 1.807) is 66.7 Å². The first-order valence-electron chi connectivity index (χ1n) is 15.2. The first-order chi connectivity index (χ1) is 23.2. The predicted octanol–water partition coefficient (Wildman–Crippen LogP) is 7.84. The Morgan fingerprint density at radius 3 is 1.79 bits per heavy atom. The Labute approximate surface area is 283 Å². The van der Waals surface area contributed by atoms with Crippen LogP contribution in [0.15, 0.2) is 144 Å². The number of nitrogens with one attached hydrogen (secondary N) is 4. The van der Waals surface area contributed by atoms with Gasteiger partial charge >= 0.3 is 0 Å². The van der Waals surface area contributed by atoms with Crippen molar-refractivity contribution >= 4 is 58.5 Å². The van der Waals surface area contributed by atoms with Crippen LogP contribution in [0.25, 0.3) is 6.08 Å². The third-order valence-corrected chi connectivity index (χ3v) is 8.46. The number of carbonyl (C=O) groups excluding carboxylic acids is 4. The zero-order valence-corrected chi connectivity index (χ0v) is 27.2. The summed E-state index contributed by atoms with van der Waals surface area (Å²) in [6, 6.07) is 39.9. The fourth-order valence-electron chi connectivity index (χ4n) is 4.75. The van der Waals surface area contributed by atoms with E-state index in [9.17, 15) is 19.2 Å². The van der Waals surface area contributed by atoms with Crippen molar-refractivity contribution in [1.82, 2.24) is 5.32 Å². The minimum Gasteiger partial charge on any atom is -0.326 e. The van der Waals surface area contributed by atoms with E-state index in [0.717, 1.165) is 21.6 Å². The van der Waals surface area contributed by atoms with Gasteiger partial charge in [-0.25, -0.2) is 0 Å². The van der Waals surface area contributed by atoms with Crippen molar-refractivity contribution in [3.05, 3.63) is 161 Å². The van der Waals surface area contributed by atoms with E-state index < -0.39 is 17.1 Å². The highest BCUT2D eigenvalue weighted by Crippen LogP contribution is 2.37. The van der Waals surface area contributed by atoms with Crippen LogP contribution >= 0.6 is 11.8 Å². The highest BCUT2D eigenvalue weighted by Gasteiger charge is 2.23.